The molecular formula is C15H14N4O. The molecule has 100 valence electrons. The highest BCUT2D eigenvalue weighted by molar-refractivity contribution is 6.05. The predicted molar refractivity (Wildman–Crippen MR) is 77.8 cm³/mol. The molecule has 3 aromatic rings. The standard InChI is InChI=1S/C15H14N4O/c1-9-5-10(2)18-14(6-9)19-15(20)11-3-4-12-13(7-11)17-8-16-12/h3-8H,1-2H3,(H,16,17)(H,18,19,20). The Hall–Kier alpha value is -2.69. The maximum Gasteiger partial charge on any atom is 0.256 e. The number of aromatic amines is 1. The number of carbonyl (C=O) groups excluding carboxylic acids is 1. The van der Waals surface area contributed by atoms with Crippen LogP contribution in [0.1, 0.15) is 21.6 Å². The first kappa shape index (κ1) is 12.3. The smallest absolute Gasteiger partial charge is 0.256 e. The molecule has 0 radical (unpaired) electrons. The number of benzene rings is 1. The minimum absolute atomic E-state index is 0.181. The molecule has 5 nitrogen and oxygen atoms in total. The van der Waals surface area contributed by atoms with Gasteiger partial charge < -0.3 is 10.3 Å². The summed E-state index contributed by atoms with van der Waals surface area (Å²) in [7, 11) is 0. The summed E-state index contributed by atoms with van der Waals surface area (Å²) in [6, 6.07) is 9.16. The highest BCUT2D eigenvalue weighted by Crippen LogP contribution is 2.14. The first-order valence-electron chi connectivity index (χ1n) is 6.31. The Morgan fingerprint density at radius 1 is 1.20 bits per heavy atom. The van der Waals surface area contributed by atoms with Crippen LogP contribution in [0.5, 0.6) is 0 Å². The van der Waals surface area contributed by atoms with Crippen molar-refractivity contribution in [2.24, 2.45) is 0 Å². The molecule has 0 atom stereocenters. The van der Waals surface area contributed by atoms with Crippen molar-refractivity contribution in [2.75, 3.05) is 5.32 Å². The summed E-state index contributed by atoms with van der Waals surface area (Å²) >= 11 is 0. The number of aromatic nitrogens is 3. The van der Waals surface area contributed by atoms with E-state index in [1.165, 1.54) is 0 Å². The normalized spacial score (nSPS) is 10.7. The van der Waals surface area contributed by atoms with Crippen molar-refractivity contribution in [2.45, 2.75) is 13.8 Å². The maximum atomic E-state index is 12.2. The van der Waals surface area contributed by atoms with Crippen molar-refractivity contribution in [3.8, 4) is 0 Å². The average molecular weight is 266 g/mol. The lowest BCUT2D eigenvalue weighted by Crippen LogP contribution is -2.13. The van der Waals surface area contributed by atoms with Crippen LogP contribution in [0.4, 0.5) is 5.82 Å². The number of fused-ring (bicyclic) bond motifs is 1. The van der Waals surface area contributed by atoms with E-state index in [4.69, 9.17) is 0 Å². The maximum absolute atomic E-state index is 12.2. The summed E-state index contributed by atoms with van der Waals surface area (Å²) in [4.78, 5) is 23.6. The van der Waals surface area contributed by atoms with Crippen molar-refractivity contribution < 1.29 is 4.79 Å². The summed E-state index contributed by atoms with van der Waals surface area (Å²) in [6.45, 7) is 3.88. The van der Waals surface area contributed by atoms with Gasteiger partial charge in [0.1, 0.15) is 5.82 Å². The van der Waals surface area contributed by atoms with E-state index in [9.17, 15) is 4.79 Å². The van der Waals surface area contributed by atoms with Crippen LogP contribution in [0.25, 0.3) is 11.0 Å². The van der Waals surface area contributed by atoms with E-state index in [2.05, 4.69) is 20.3 Å². The Kier molecular flexibility index (Phi) is 2.95. The Balaban J connectivity index is 1.88. The van der Waals surface area contributed by atoms with Crippen molar-refractivity contribution in [1.29, 1.82) is 0 Å². The highest BCUT2D eigenvalue weighted by atomic mass is 16.1. The lowest BCUT2D eigenvalue weighted by molar-refractivity contribution is 0.102. The number of pyridine rings is 1. The number of hydrogen-bond donors (Lipinski definition) is 2. The van der Waals surface area contributed by atoms with Crippen LogP contribution in [-0.4, -0.2) is 20.9 Å². The zero-order chi connectivity index (χ0) is 14.1. The molecule has 0 saturated heterocycles. The van der Waals surface area contributed by atoms with Crippen LogP contribution in [0.15, 0.2) is 36.7 Å². The minimum atomic E-state index is -0.181. The summed E-state index contributed by atoms with van der Waals surface area (Å²) in [6.07, 6.45) is 1.61. The number of nitrogens with one attached hydrogen (secondary N) is 2. The van der Waals surface area contributed by atoms with E-state index in [0.29, 0.717) is 11.4 Å². The van der Waals surface area contributed by atoms with E-state index in [1.54, 1.807) is 18.5 Å². The topological polar surface area (TPSA) is 70.7 Å². The fraction of sp³-hybridized carbons (Fsp3) is 0.133. The molecule has 2 N–H and O–H groups in total. The number of rotatable bonds is 2. The zero-order valence-electron chi connectivity index (χ0n) is 11.3. The van der Waals surface area contributed by atoms with Crippen molar-refractivity contribution >= 4 is 22.8 Å². The van der Waals surface area contributed by atoms with E-state index >= 15 is 0 Å². The van der Waals surface area contributed by atoms with Crippen LogP contribution in [-0.2, 0) is 0 Å². The number of imidazole rings is 1. The first-order valence-corrected chi connectivity index (χ1v) is 6.31. The molecule has 1 amide bonds. The molecule has 0 unspecified atom stereocenters. The molecular weight excluding hydrogens is 252 g/mol. The van der Waals surface area contributed by atoms with Crippen LogP contribution in [0, 0.1) is 13.8 Å². The average Bonchev–Trinajstić information content (AvgIpc) is 2.84. The van der Waals surface area contributed by atoms with Crippen LogP contribution in [0.2, 0.25) is 0 Å². The van der Waals surface area contributed by atoms with E-state index in [1.807, 2.05) is 32.0 Å². The summed E-state index contributed by atoms with van der Waals surface area (Å²) in [5, 5.41) is 2.81. The molecule has 0 aliphatic rings. The molecule has 20 heavy (non-hydrogen) atoms. The van der Waals surface area contributed by atoms with E-state index in [0.717, 1.165) is 22.3 Å². The molecule has 0 spiro atoms. The Morgan fingerprint density at radius 3 is 2.85 bits per heavy atom. The second-order valence-corrected chi connectivity index (χ2v) is 4.76. The lowest BCUT2D eigenvalue weighted by Gasteiger charge is -2.06. The number of H-pyrrole nitrogens is 1. The number of hydrogen-bond acceptors (Lipinski definition) is 3. The second-order valence-electron chi connectivity index (χ2n) is 4.76. The summed E-state index contributed by atoms with van der Waals surface area (Å²) in [5.74, 6) is 0.385. The molecule has 2 heterocycles. The fourth-order valence-corrected chi connectivity index (χ4v) is 2.17. The molecule has 3 rings (SSSR count). The molecule has 5 heteroatoms. The number of nitrogens with zero attached hydrogens (tertiary/aromatic N) is 2. The number of amides is 1. The van der Waals surface area contributed by atoms with Gasteiger partial charge in [-0.15, -0.1) is 0 Å². The Morgan fingerprint density at radius 2 is 2.05 bits per heavy atom. The first-order chi connectivity index (χ1) is 9.61. The largest absolute Gasteiger partial charge is 0.345 e. The third-order valence-electron chi connectivity index (χ3n) is 3.02. The Bertz CT molecular complexity index is 771. The van der Waals surface area contributed by atoms with Crippen LogP contribution >= 0.6 is 0 Å². The van der Waals surface area contributed by atoms with Gasteiger partial charge in [-0.25, -0.2) is 9.97 Å². The second kappa shape index (κ2) is 4.77. The number of carbonyl (C=O) groups is 1. The quantitative estimate of drug-likeness (QED) is 0.749. The van der Waals surface area contributed by atoms with Crippen molar-refractivity contribution in [3.05, 3.63) is 53.5 Å². The van der Waals surface area contributed by atoms with Gasteiger partial charge in [0.25, 0.3) is 5.91 Å². The summed E-state index contributed by atoms with van der Waals surface area (Å²) in [5.41, 5.74) is 4.20. The van der Waals surface area contributed by atoms with Gasteiger partial charge in [0.15, 0.2) is 0 Å². The summed E-state index contributed by atoms with van der Waals surface area (Å²) < 4.78 is 0. The number of anilines is 1. The third kappa shape index (κ3) is 2.38. The molecule has 0 saturated carbocycles. The Labute approximate surface area is 116 Å². The van der Waals surface area contributed by atoms with Crippen molar-refractivity contribution in [3.63, 3.8) is 0 Å². The SMILES string of the molecule is Cc1cc(C)nc(NC(=O)c2ccc3nc[nH]c3c2)c1. The van der Waals surface area contributed by atoms with E-state index in [-0.39, 0.29) is 5.91 Å². The molecule has 0 fully saturated rings. The van der Waals surface area contributed by atoms with Gasteiger partial charge in [0, 0.05) is 11.3 Å². The van der Waals surface area contributed by atoms with Gasteiger partial charge in [0.05, 0.1) is 17.4 Å². The third-order valence-corrected chi connectivity index (χ3v) is 3.02. The van der Waals surface area contributed by atoms with Gasteiger partial charge in [-0.3, -0.25) is 4.79 Å². The fourth-order valence-electron chi connectivity index (χ4n) is 2.17. The van der Waals surface area contributed by atoms with Gasteiger partial charge in [-0.05, 0) is 49.7 Å². The lowest BCUT2D eigenvalue weighted by atomic mass is 10.2. The molecule has 0 bridgehead atoms. The molecule has 1 aromatic carbocycles. The monoisotopic (exact) mass is 266 g/mol. The van der Waals surface area contributed by atoms with E-state index < -0.39 is 0 Å². The zero-order valence-corrected chi connectivity index (χ0v) is 11.3. The molecule has 0 aliphatic carbocycles. The van der Waals surface area contributed by atoms with Gasteiger partial charge >= 0.3 is 0 Å². The highest BCUT2D eigenvalue weighted by Gasteiger charge is 2.09. The van der Waals surface area contributed by atoms with Crippen LogP contribution in [0.3, 0.4) is 0 Å². The van der Waals surface area contributed by atoms with Crippen LogP contribution < -0.4 is 5.32 Å². The molecule has 0 aliphatic heterocycles. The minimum Gasteiger partial charge on any atom is -0.345 e. The molecule has 2 aromatic heterocycles. The van der Waals surface area contributed by atoms with Gasteiger partial charge in [-0.2, -0.15) is 0 Å². The number of aryl methyl sites for hydroxylation is 2. The van der Waals surface area contributed by atoms with Gasteiger partial charge in [0.2, 0.25) is 0 Å². The van der Waals surface area contributed by atoms with Gasteiger partial charge in [-0.1, -0.05) is 0 Å². The van der Waals surface area contributed by atoms with Crippen molar-refractivity contribution in [1.82, 2.24) is 15.0 Å². The predicted octanol–water partition coefficient (Wildman–Crippen LogP) is 2.83.